The number of phosphoric ester groups is 2. The molecule has 3 N–H and O–H groups in total. The van der Waals surface area contributed by atoms with Gasteiger partial charge >= 0.3 is 39.5 Å². The minimum Gasteiger partial charge on any atom is -0.462 e. The Balaban J connectivity index is 5.49. The highest BCUT2D eigenvalue weighted by atomic mass is 31.2. The Morgan fingerprint density at radius 2 is 0.481 bits per heavy atom. The summed E-state index contributed by atoms with van der Waals surface area (Å²) in [4.78, 5) is 73.2. The second-order valence-electron chi connectivity index (χ2n) is 26.9. The summed E-state index contributed by atoms with van der Waals surface area (Å²) in [6.45, 7) is 4.49. The molecule has 0 rings (SSSR count). The minimum absolute atomic E-state index is 0.0410. The molecule has 0 aromatic rings. The van der Waals surface area contributed by atoms with Gasteiger partial charge in [-0.25, -0.2) is 9.13 Å². The normalized spacial score (nSPS) is 14.7. The van der Waals surface area contributed by atoms with Crippen molar-refractivity contribution in [2.45, 2.75) is 329 Å². The van der Waals surface area contributed by atoms with Crippen LogP contribution >= 0.6 is 15.6 Å². The molecule has 0 heterocycles. The highest BCUT2D eigenvalue weighted by Crippen LogP contribution is 2.45. The maximum absolute atomic E-state index is 13.1. The summed E-state index contributed by atoms with van der Waals surface area (Å²) < 4.78 is 68.7. The van der Waals surface area contributed by atoms with Gasteiger partial charge in [-0.15, -0.1) is 0 Å². The number of aliphatic hydroxyl groups excluding tert-OH is 1. The fraction of sp³-hybridized carbons (Fsp3) is 0.640. The maximum Gasteiger partial charge on any atom is 0.472 e. The molecule has 0 aromatic heterocycles. The molecule has 0 saturated carbocycles. The van der Waals surface area contributed by atoms with Crippen molar-refractivity contribution in [3.63, 3.8) is 0 Å². The van der Waals surface area contributed by atoms with Gasteiger partial charge in [0.2, 0.25) is 0 Å². The summed E-state index contributed by atoms with van der Waals surface area (Å²) in [5.41, 5.74) is 0. The van der Waals surface area contributed by atoms with Crippen LogP contribution in [0.25, 0.3) is 0 Å². The molecule has 0 aliphatic carbocycles. The molecule has 5 atom stereocenters. The number of aliphatic hydroxyl groups is 1. The number of rotatable bonds is 76. The van der Waals surface area contributed by atoms with Gasteiger partial charge in [0.15, 0.2) is 12.2 Å². The molecule has 0 spiro atoms. The van der Waals surface area contributed by atoms with E-state index in [9.17, 15) is 43.2 Å². The van der Waals surface area contributed by atoms with Crippen molar-refractivity contribution in [1.82, 2.24) is 0 Å². The zero-order valence-corrected chi connectivity index (χ0v) is 69.0. The van der Waals surface area contributed by atoms with Crippen LogP contribution in [0.4, 0.5) is 0 Å². The quantitative estimate of drug-likeness (QED) is 0.0169. The highest BCUT2D eigenvalue weighted by Gasteiger charge is 2.30. The number of phosphoric acid groups is 2. The van der Waals surface area contributed by atoms with Crippen molar-refractivity contribution in [2.24, 2.45) is 0 Å². The number of carbonyl (C=O) groups is 4. The average Bonchev–Trinajstić information content (AvgIpc) is 0.896. The van der Waals surface area contributed by atoms with Gasteiger partial charge < -0.3 is 33.8 Å². The average molecular weight is 1550 g/mol. The molecule has 0 aliphatic rings. The first-order valence-corrected chi connectivity index (χ1v) is 44.4. The number of esters is 4. The lowest BCUT2D eigenvalue weighted by Crippen LogP contribution is -2.30. The molecule has 0 saturated heterocycles. The smallest absolute Gasteiger partial charge is 0.462 e. The van der Waals surface area contributed by atoms with Gasteiger partial charge in [0.05, 0.1) is 26.4 Å². The van der Waals surface area contributed by atoms with Crippen molar-refractivity contribution in [2.75, 3.05) is 39.6 Å². The van der Waals surface area contributed by atoms with Gasteiger partial charge in [0.25, 0.3) is 0 Å². The lowest BCUT2D eigenvalue weighted by Gasteiger charge is -2.21. The molecule has 19 heteroatoms. The van der Waals surface area contributed by atoms with Crippen LogP contribution in [-0.4, -0.2) is 96.7 Å². The Kier molecular flexibility index (Phi) is 75.4. The van der Waals surface area contributed by atoms with Crippen LogP contribution in [0.5, 0.6) is 0 Å². The van der Waals surface area contributed by atoms with Crippen LogP contribution in [0.2, 0.25) is 0 Å². The number of ether oxygens (including phenoxy) is 4. The fourth-order valence-electron chi connectivity index (χ4n) is 10.4. The van der Waals surface area contributed by atoms with Gasteiger partial charge in [-0.3, -0.25) is 37.3 Å². The van der Waals surface area contributed by atoms with Crippen LogP contribution in [0.1, 0.15) is 310 Å². The van der Waals surface area contributed by atoms with E-state index in [1.165, 1.54) is 38.5 Å². The highest BCUT2D eigenvalue weighted by molar-refractivity contribution is 7.47. The van der Waals surface area contributed by atoms with Crippen LogP contribution < -0.4 is 0 Å². The van der Waals surface area contributed by atoms with E-state index in [0.717, 1.165) is 193 Å². The van der Waals surface area contributed by atoms with Gasteiger partial charge in [-0.1, -0.05) is 275 Å². The summed E-state index contributed by atoms with van der Waals surface area (Å²) >= 11 is 0. The maximum atomic E-state index is 13.1. The molecule has 0 radical (unpaired) electrons. The number of hydrogen-bond donors (Lipinski definition) is 3. The van der Waals surface area contributed by atoms with E-state index in [4.69, 9.17) is 37.0 Å². The lowest BCUT2D eigenvalue weighted by molar-refractivity contribution is -0.161. The van der Waals surface area contributed by atoms with Crippen molar-refractivity contribution < 1.29 is 80.2 Å². The third kappa shape index (κ3) is 78.5. The third-order valence-electron chi connectivity index (χ3n) is 16.6. The first-order valence-electron chi connectivity index (χ1n) is 41.4. The Bertz CT molecular complexity index is 2710. The summed E-state index contributed by atoms with van der Waals surface area (Å²) in [5.74, 6) is -2.29. The zero-order chi connectivity index (χ0) is 78.9. The summed E-state index contributed by atoms with van der Waals surface area (Å²) in [7, 11) is -10.0. The van der Waals surface area contributed by atoms with E-state index >= 15 is 0 Å². The van der Waals surface area contributed by atoms with E-state index in [1.54, 1.807) is 0 Å². The van der Waals surface area contributed by atoms with Crippen LogP contribution in [0.3, 0.4) is 0 Å². The van der Waals surface area contributed by atoms with Gasteiger partial charge in [0, 0.05) is 25.7 Å². The van der Waals surface area contributed by atoms with Crippen molar-refractivity contribution in [3.05, 3.63) is 170 Å². The first-order chi connectivity index (χ1) is 52.7. The summed E-state index contributed by atoms with van der Waals surface area (Å²) in [6.07, 6.45) is 94.6. The van der Waals surface area contributed by atoms with E-state index in [-0.39, 0.29) is 25.7 Å². The number of unbranched alkanes of at least 4 members (excludes halogenated alkanes) is 22. The van der Waals surface area contributed by atoms with Crippen molar-refractivity contribution >= 4 is 39.5 Å². The fourth-order valence-corrected chi connectivity index (χ4v) is 12.0. The van der Waals surface area contributed by atoms with Crippen LogP contribution in [0.15, 0.2) is 170 Å². The molecule has 0 aliphatic heterocycles. The summed E-state index contributed by atoms with van der Waals surface area (Å²) in [5, 5.41) is 10.7. The predicted octanol–water partition coefficient (Wildman–Crippen LogP) is 24.6. The van der Waals surface area contributed by atoms with E-state index in [0.29, 0.717) is 25.7 Å². The number of hydrogen-bond acceptors (Lipinski definition) is 15. The predicted molar refractivity (Wildman–Crippen MR) is 445 cm³/mol. The van der Waals surface area contributed by atoms with E-state index in [2.05, 4.69) is 198 Å². The molecule has 5 unspecified atom stereocenters. The molecule has 17 nitrogen and oxygen atoms in total. The Labute approximate surface area is 654 Å². The molecule has 0 bridgehead atoms. The van der Waals surface area contributed by atoms with Crippen molar-refractivity contribution in [1.29, 1.82) is 0 Å². The molecule has 0 amide bonds. The number of carbonyl (C=O) groups excluding carboxylic acids is 4. The minimum atomic E-state index is -5.01. The zero-order valence-electron chi connectivity index (χ0n) is 67.2. The van der Waals surface area contributed by atoms with Crippen molar-refractivity contribution in [3.8, 4) is 0 Å². The molecular formula is C89H146O17P2. The topological polar surface area (TPSA) is 237 Å². The SMILES string of the molecule is CC/C=C\C/C=C\C/C=C\C/C=C\C/C=C\CCCCCC(=O)OCC(COP(=O)(O)OCC(O)COP(=O)(O)OCC(COC(=O)CCCCCCC/C=C\C/C=C\CCCCC)OC(=O)CCCCCCC/C=C\C/C=C\CCCCC)OC(=O)CCCCC/C=C\C/C=C\C/C=C\C/C=C\C/C=C\CC. The standard InChI is InChI=1S/C89H146O17P2/c1-5-9-13-17-21-25-29-33-37-39-41-43-47-50-54-58-62-66-70-74-87(92)100-80-85(106-89(94)76-72-68-64-60-56-52-48-44-42-40-38-34-30-26-22-18-14-10-6-2)82-104-108(97,98)102-78-83(90)77-101-107(95,96)103-81-84(105-88(93)75-71-67-63-59-55-51-46-36-32-28-24-20-16-12-8-4)79-99-86(91)73-69-65-61-57-53-49-45-35-31-27-23-19-15-11-7-3/h9-10,13-14,21-28,33-38,41-46,50,52,54,56,83-85,90H,5-8,11-12,15-20,29-32,39-40,47-49,51,53,55,57-82H2,1-4H3,(H,95,96)(H,97,98)/b13-9-,14-10-,25-21-,26-22-,27-23-,28-24-,37-33-,38-34-,43-41-,44-42-,45-35-,46-36-,54-50-,56-52-. The largest absolute Gasteiger partial charge is 0.472 e. The Morgan fingerprint density at radius 1 is 0.269 bits per heavy atom. The molecule has 108 heavy (non-hydrogen) atoms. The monoisotopic (exact) mass is 1550 g/mol. The van der Waals surface area contributed by atoms with Gasteiger partial charge in [-0.05, 0) is 180 Å². The number of allylic oxidation sites excluding steroid dienone is 28. The molecule has 0 fully saturated rings. The molecular weight excluding hydrogens is 1400 g/mol. The Morgan fingerprint density at radius 3 is 0.750 bits per heavy atom. The van der Waals surface area contributed by atoms with E-state index in [1.807, 2.05) is 0 Å². The van der Waals surface area contributed by atoms with Crippen LogP contribution in [0, 0.1) is 0 Å². The second-order valence-corrected chi connectivity index (χ2v) is 29.8. The lowest BCUT2D eigenvalue weighted by atomic mass is 10.1. The van der Waals surface area contributed by atoms with Gasteiger partial charge in [0.1, 0.15) is 19.3 Å². The Hall–Kier alpha value is -5.58. The summed E-state index contributed by atoms with van der Waals surface area (Å²) in [6, 6.07) is 0. The molecule has 0 aromatic carbocycles. The second kappa shape index (κ2) is 79.5. The third-order valence-corrected chi connectivity index (χ3v) is 18.5. The van der Waals surface area contributed by atoms with Crippen LogP contribution in [-0.2, 0) is 65.4 Å². The van der Waals surface area contributed by atoms with Gasteiger partial charge in [-0.2, -0.15) is 0 Å². The first kappa shape index (κ1) is 102. The van der Waals surface area contributed by atoms with E-state index < -0.39 is 97.5 Å². The molecule has 614 valence electrons.